The predicted octanol–water partition coefficient (Wildman–Crippen LogP) is 6.33. The fraction of sp³-hybridized carbons (Fsp3) is 0.515. The molecular weight excluding hydrogens is 534 g/mol. The number of ether oxygens (including phenoxy) is 1. The second kappa shape index (κ2) is 10.1. The molecule has 7 nitrogen and oxygen atoms in total. The maximum absolute atomic E-state index is 13.6. The van der Waals surface area contributed by atoms with Crippen molar-refractivity contribution in [2.75, 3.05) is 11.3 Å². The van der Waals surface area contributed by atoms with Crippen LogP contribution in [0.15, 0.2) is 53.4 Å². The molecule has 0 saturated heterocycles. The Hall–Kier alpha value is -2.97. The van der Waals surface area contributed by atoms with E-state index in [1.807, 2.05) is 58.0 Å². The lowest BCUT2D eigenvalue weighted by atomic mass is 9.59. The summed E-state index contributed by atoms with van der Waals surface area (Å²) < 4.78 is 36.2. The summed E-state index contributed by atoms with van der Waals surface area (Å²) in [7, 11) is -3.94. The zero-order valence-corrected chi connectivity index (χ0v) is 25.5. The van der Waals surface area contributed by atoms with Gasteiger partial charge < -0.3 is 9.84 Å². The molecule has 1 spiro atoms. The van der Waals surface area contributed by atoms with E-state index >= 15 is 0 Å². The Morgan fingerprint density at radius 3 is 2.39 bits per heavy atom. The first-order valence-corrected chi connectivity index (χ1v) is 16.2. The number of aromatic nitrogens is 2. The second-order valence-corrected chi connectivity index (χ2v) is 15.1. The third-order valence-corrected chi connectivity index (χ3v) is 11.4. The molecule has 2 fully saturated rings. The number of rotatable bonds is 4. The molecule has 3 atom stereocenters. The van der Waals surface area contributed by atoms with Crippen molar-refractivity contribution in [1.29, 1.82) is 0 Å². The summed E-state index contributed by atoms with van der Waals surface area (Å²) in [6.45, 7) is 10.3. The van der Waals surface area contributed by atoms with E-state index in [9.17, 15) is 13.5 Å². The van der Waals surface area contributed by atoms with Crippen molar-refractivity contribution in [3.8, 4) is 17.1 Å². The van der Waals surface area contributed by atoms with E-state index < -0.39 is 15.6 Å². The zero-order chi connectivity index (χ0) is 29.2. The minimum Gasteiger partial charge on any atom is -0.477 e. The fourth-order valence-corrected chi connectivity index (χ4v) is 8.15. The van der Waals surface area contributed by atoms with Crippen molar-refractivity contribution in [2.45, 2.75) is 77.2 Å². The minimum atomic E-state index is -3.94. The lowest BCUT2D eigenvalue weighted by Crippen LogP contribution is -2.46. The van der Waals surface area contributed by atoms with Crippen LogP contribution in [0.1, 0.15) is 63.1 Å². The first kappa shape index (κ1) is 28.2. The van der Waals surface area contributed by atoms with Gasteiger partial charge in [0.1, 0.15) is 0 Å². The van der Waals surface area contributed by atoms with Crippen molar-refractivity contribution in [2.24, 2.45) is 29.1 Å². The fourth-order valence-electron chi connectivity index (χ4n) is 7.13. The van der Waals surface area contributed by atoms with Gasteiger partial charge in [-0.3, -0.25) is 0 Å². The lowest BCUT2D eigenvalue weighted by molar-refractivity contribution is -0.0525. The zero-order valence-electron chi connectivity index (χ0n) is 24.6. The smallest absolute Gasteiger partial charge is 0.264 e. The van der Waals surface area contributed by atoms with E-state index in [0.29, 0.717) is 29.5 Å². The number of aryl methyl sites for hydroxylation is 2. The molecule has 2 N–H and O–H groups in total. The number of nitrogens with zero attached hydrogens (tertiary/aromatic N) is 2. The Bertz CT molecular complexity index is 1550. The summed E-state index contributed by atoms with van der Waals surface area (Å²) >= 11 is 0. The van der Waals surface area contributed by atoms with Crippen LogP contribution in [0.25, 0.3) is 11.3 Å². The molecule has 0 radical (unpaired) electrons. The molecule has 1 aliphatic heterocycles. The summed E-state index contributed by atoms with van der Waals surface area (Å²) in [6.07, 6.45) is 5.74. The number of fused-ring (bicyclic) bond motifs is 4. The van der Waals surface area contributed by atoms with Crippen molar-refractivity contribution >= 4 is 16.0 Å². The monoisotopic (exact) mass is 575 g/mol. The molecule has 0 amide bonds. The van der Waals surface area contributed by atoms with Crippen molar-refractivity contribution in [3.63, 3.8) is 0 Å². The maximum Gasteiger partial charge on any atom is 0.264 e. The number of aliphatic hydroxyl groups is 1. The predicted molar refractivity (Wildman–Crippen MR) is 160 cm³/mol. The van der Waals surface area contributed by atoms with E-state index in [-0.39, 0.29) is 28.6 Å². The van der Waals surface area contributed by atoms with Crippen molar-refractivity contribution in [3.05, 3.63) is 65.2 Å². The van der Waals surface area contributed by atoms with Gasteiger partial charge in [-0.15, -0.1) is 0 Å². The van der Waals surface area contributed by atoms with Gasteiger partial charge in [0, 0.05) is 17.5 Å². The number of benzene rings is 2. The van der Waals surface area contributed by atoms with Gasteiger partial charge in [-0.1, -0.05) is 37.3 Å². The Morgan fingerprint density at radius 2 is 1.73 bits per heavy atom. The molecule has 218 valence electrons. The number of nitrogens with one attached hydrogen (secondary N) is 1. The largest absolute Gasteiger partial charge is 0.477 e. The van der Waals surface area contributed by atoms with Crippen LogP contribution in [0.5, 0.6) is 5.88 Å². The Kier molecular flexibility index (Phi) is 6.93. The third-order valence-electron chi connectivity index (χ3n) is 10.0. The summed E-state index contributed by atoms with van der Waals surface area (Å²) in [5, 5.41) is 11.2. The molecule has 1 aromatic heterocycles. The molecule has 2 saturated carbocycles. The van der Waals surface area contributed by atoms with Crippen LogP contribution >= 0.6 is 0 Å². The van der Waals surface area contributed by atoms with Gasteiger partial charge >= 0.3 is 0 Å². The SMILES string of the molecule is Cc1cccc(C)c1-c1cc2nc(n1)NS(=O)(=O)c1cccc(c1)CC(C1CC3(CC3)C1)C(C(C)C(C)(C)O)CO2. The first-order valence-electron chi connectivity index (χ1n) is 14.8. The highest BCUT2D eigenvalue weighted by Crippen LogP contribution is 2.66. The highest BCUT2D eigenvalue weighted by molar-refractivity contribution is 7.92. The molecule has 3 aliphatic rings. The van der Waals surface area contributed by atoms with Crippen molar-refractivity contribution < 1.29 is 18.3 Å². The van der Waals surface area contributed by atoms with Gasteiger partial charge in [0.05, 0.1) is 22.8 Å². The van der Waals surface area contributed by atoms with Gasteiger partial charge in [0.15, 0.2) is 0 Å². The highest BCUT2D eigenvalue weighted by atomic mass is 32.2. The van der Waals surface area contributed by atoms with Crippen LogP contribution in [0.2, 0.25) is 0 Å². The van der Waals surface area contributed by atoms with Crippen LogP contribution < -0.4 is 9.46 Å². The van der Waals surface area contributed by atoms with E-state index in [4.69, 9.17) is 4.74 Å². The lowest BCUT2D eigenvalue weighted by Gasteiger charge is -2.47. The topological polar surface area (TPSA) is 101 Å². The summed E-state index contributed by atoms with van der Waals surface area (Å²) in [5.74, 6) is 1.01. The van der Waals surface area contributed by atoms with Gasteiger partial charge in [-0.25, -0.2) is 18.1 Å². The molecule has 2 aliphatic carbocycles. The summed E-state index contributed by atoms with van der Waals surface area (Å²) in [4.78, 5) is 9.36. The molecule has 6 rings (SSSR count). The van der Waals surface area contributed by atoms with Crippen LogP contribution in [-0.2, 0) is 16.4 Å². The van der Waals surface area contributed by atoms with Gasteiger partial charge in [-0.05, 0) is 112 Å². The average molecular weight is 576 g/mol. The first-order chi connectivity index (χ1) is 19.3. The van der Waals surface area contributed by atoms with Crippen LogP contribution in [-0.4, -0.2) is 35.7 Å². The van der Waals surface area contributed by atoms with E-state index in [1.165, 1.54) is 25.7 Å². The Labute approximate surface area is 243 Å². The van der Waals surface area contributed by atoms with Crippen molar-refractivity contribution in [1.82, 2.24) is 9.97 Å². The number of hydrogen-bond acceptors (Lipinski definition) is 6. The van der Waals surface area contributed by atoms with Crippen LogP contribution in [0.3, 0.4) is 0 Å². The second-order valence-electron chi connectivity index (χ2n) is 13.4. The maximum atomic E-state index is 13.6. The number of hydrogen-bond donors (Lipinski definition) is 2. The molecule has 41 heavy (non-hydrogen) atoms. The highest BCUT2D eigenvalue weighted by Gasteiger charge is 2.56. The van der Waals surface area contributed by atoms with Gasteiger partial charge in [0.25, 0.3) is 10.0 Å². The molecule has 2 heterocycles. The molecule has 2 aromatic carbocycles. The Morgan fingerprint density at radius 1 is 1.05 bits per heavy atom. The normalized spacial score (nSPS) is 24.0. The van der Waals surface area contributed by atoms with E-state index in [0.717, 1.165) is 28.7 Å². The third kappa shape index (κ3) is 5.61. The van der Waals surface area contributed by atoms with E-state index in [1.54, 1.807) is 18.2 Å². The summed E-state index contributed by atoms with van der Waals surface area (Å²) in [5.41, 5.74) is 4.18. The molecule has 3 unspecified atom stereocenters. The quantitative estimate of drug-likeness (QED) is 0.377. The Balaban J connectivity index is 1.48. The molecule has 4 bridgehead atoms. The standard InChI is InChI=1S/C33H41N3O4S/c1-20-8-6-9-21(2)30(20)28-16-29-35-31(34-28)36-41(38,39)25-11-7-10-23(14-25)15-26(24-17-33(18-24)12-13-33)27(19-40-29)22(3)32(4,5)37/h6-11,14,16,22,24,26-27,37H,12-13,15,17-19H2,1-5H3,(H,34,35,36). The molecular formula is C33H41N3O4S. The molecule has 3 aromatic rings. The summed E-state index contributed by atoms with van der Waals surface area (Å²) in [6, 6.07) is 15.0. The van der Waals surface area contributed by atoms with Gasteiger partial charge in [-0.2, -0.15) is 4.98 Å². The van der Waals surface area contributed by atoms with E-state index in [2.05, 4.69) is 21.6 Å². The minimum absolute atomic E-state index is 0.0249. The number of anilines is 1. The van der Waals surface area contributed by atoms with Crippen LogP contribution in [0, 0.1) is 42.9 Å². The number of sulfonamides is 1. The average Bonchev–Trinajstić information content (AvgIpc) is 3.67. The van der Waals surface area contributed by atoms with Crippen LogP contribution in [0.4, 0.5) is 5.95 Å². The molecule has 8 heteroatoms. The van der Waals surface area contributed by atoms with Gasteiger partial charge in [0.2, 0.25) is 11.8 Å².